The Kier molecular flexibility index (Phi) is 3.83. The highest BCUT2D eigenvalue weighted by Crippen LogP contribution is 2.32. The summed E-state index contributed by atoms with van der Waals surface area (Å²) in [6, 6.07) is 5.54. The number of aliphatic hydroxyl groups is 1. The molecule has 100 valence electrons. The molecule has 0 saturated heterocycles. The number of hydrogen-bond acceptors (Lipinski definition) is 1. The Balaban J connectivity index is 2.56. The maximum absolute atomic E-state index is 13.6. The zero-order chi connectivity index (χ0) is 14.2. The van der Waals surface area contributed by atoms with Crippen molar-refractivity contribution >= 4 is 11.6 Å². The molecule has 0 radical (unpaired) electrons. The Labute approximate surface area is 113 Å². The highest BCUT2D eigenvalue weighted by molar-refractivity contribution is 6.31. The minimum absolute atomic E-state index is 0.0598. The number of aryl methyl sites for hydroxylation is 1. The standard InChI is InChI=1S/C14H10ClF3O/c1-7-5-8(9(15)6-12(7)18)14(19)13-10(16)3-2-4-11(13)17/h2-6,14,19H,1H3. The molecule has 2 aromatic rings. The van der Waals surface area contributed by atoms with Crippen molar-refractivity contribution in [1.82, 2.24) is 0 Å². The smallest absolute Gasteiger partial charge is 0.132 e. The van der Waals surface area contributed by atoms with Crippen molar-refractivity contribution in [2.45, 2.75) is 13.0 Å². The molecule has 0 aliphatic carbocycles. The lowest BCUT2D eigenvalue weighted by atomic mass is 9.98. The van der Waals surface area contributed by atoms with Crippen LogP contribution >= 0.6 is 11.6 Å². The van der Waals surface area contributed by atoms with E-state index < -0.39 is 29.1 Å². The predicted molar refractivity (Wildman–Crippen MR) is 66.6 cm³/mol. The largest absolute Gasteiger partial charge is 0.383 e. The summed E-state index contributed by atoms with van der Waals surface area (Å²) in [7, 11) is 0. The monoisotopic (exact) mass is 286 g/mol. The van der Waals surface area contributed by atoms with Crippen LogP contribution in [0.1, 0.15) is 22.8 Å². The molecule has 0 bridgehead atoms. The van der Waals surface area contributed by atoms with Gasteiger partial charge in [0.05, 0.1) is 5.56 Å². The third-order valence-electron chi connectivity index (χ3n) is 2.85. The van der Waals surface area contributed by atoms with E-state index in [1.165, 1.54) is 19.1 Å². The number of rotatable bonds is 2. The molecule has 0 aromatic heterocycles. The molecular formula is C14H10ClF3O. The first-order chi connectivity index (χ1) is 8.91. The maximum atomic E-state index is 13.6. The average Bonchev–Trinajstić information content (AvgIpc) is 2.33. The number of halogens is 4. The first-order valence-electron chi connectivity index (χ1n) is 5.49. The Morgan fingerprint density at radius 3 is 2.21 bits per heavy atom. The zero-order valence-electron chi connectivity index (χ0n) is 9.92. The molecular weight excluding hydrogens is 277 g/mol. The Morgan fingerprint density at radius 2 is 1.63 bits per heavy atom. The molecule has 0 spiro atoms. The summed E-state index contributed by atoms with van der Waals surface area (Å²) in [5.41, 5.74) is -0.213. The second-order valence-corrected chi connectivity index (χ2v) is 4.57. The summed E-state index contributed by atoms with van der Waals surface area (Å²) in [6.45, 7) is 1.47. The summed E-state index contributed by atoms with van der Waals surface area (Å²) in [6.07, 6.45) is -1.59. The van der Waals surface area contributed by atoms with Crippen LogP contribution in [0.2, 0.25) is 5.02 Å². The van der Waals surface area contributed by atoms with E-state index in [-0.39, 0.29) is 16.1 Å². The maximum Gasteiger partial charge on any atom is 0.132 e. The van der Waals surface area contributed by atoms with E-state index in [9.17, 15) is 18.3 Å². The summed E-state index contributed by atoms with van der Waals surface area (Å²) in [4.78, 5) is 0. The minimum Gasteiger partial charge on any atom is -0.383 e. The number of aliphatic hydroxyl groups excluding tert-OH is 1. The van der Waals surface area contributed by atoms with Gasteiger partial charge in [0, 0.05) is 10.6 Å². The van der Waals surface area contributed by atoms with Gasteiger partial charge in [-0.3, -0.25) is 0 Å². The first kappa shape index (κ1) is 13.9. The van der Waals surface area contributed by atoms with Gasteiger partial charge < -0.3 is 5.11 Å². The molecule has 1 atom stereocenters. The Morgan fingerprint density at radius 1 is 1.05 bits per heavy atom. The molecule has 5 heteroatoms. The fourth-order valence-electron chi connectivity index (χ4n) is 1.82. The van der Waals surface area contributed by atoms with Crippen molar-refractivity contribution in [1.29, 1.82) is 0 Å². The fraction of sp³-hybridized carbons (Fsp3) is 0.143. The molecule has 0 aliphatic rings. The third kappa shape index (κ3) is 2.60. The van der Waals surface area contributed by atoms with Crippen LogP contribution in [0.4, 0.5) is 13.2 Å². The van der Waals surface area contributed by atoms with Gasteiger partial charge in [0.2, 0.25) is 0 Å². The topological polar surface area (TPSA) is 20.2 Å². The van der Waals surface area contributed by atoms with Crippen LogP contribution in [-0.4, -0.2) is 5.11 Å². The average molecular weight is 287 g/mol. The van der Waals surface area contributed by atoms with Crippen molar-refractivity contribution < 1.29 is 18.3 Å². The van der Waals surface area contributed by atoms with E-state index in [1.807, 2.05) is 0 Å². The van der Waals surface area contributed by atoms with Crippen LogP contribution in [0, 0.1) is 24.4 Å². The van der Waals surface area contributed by atoms with E-state index in [0.717, 1.165) is 18.2 Å². The molecule has 1 nitrogen and oxygen atoms in total. The second kappa shape index (κ2) is 5.23. The van der Waals surface area contributed by atoms with E-state index in [2.05, 4.69) is 0 Å². The lowest BCUT2D eigenvalue weighted by molar-refractivity contribution is 0.209. The summed E-state index contributed by atoms with van der Waals surface area (Å²) >= 11 is 5.81. The van der Waals surface area contributed by atoms with Crippen LogP contribution in [-0.2, 0) is 0 Å². The SMILES string of the molecule is Cc1cc(C(O)c2c(F)cccc2F)c(Cl)cc1F. The molecule has 1 unspecified atom stereocenters. The quantitative estimate of drug-likeness (QED) is 0.879. The van der Waals surface area contributed by atoms with Gasteiger partial charge in [0.15, 0.2) is 0 Å². The van der Waals surface area contributed by atoms with Crippen molar-refractivity contribution in [2.24, 2.45) is 0 Å². The third-order valence-corrected chi connectivity index (χ3v) is 3.17. The van der Waals surface area contributed by atoms with Crippen LogP contribution in [0.25, 0.3) is 0 Å². The van der Waals surface area contributed by atoms with Crippen molar-refractivity contribution in [2.75, 3.05) is 0 Å². The highest BCUT2D eigenvalue weighted by Gasteiger charge is 2.22. The molecule has 0 saturated carbocycles. The van der Waals surface area contributed by atoms with Crippen LogP contribution in [0.15, 0.2) is 30.3 Å². The highest BCUT2D eigenvalue weighted by atomic mass is 35.5. The zero-order valence-corrected chi connectivity index (χ0v) is 10.7. The van der Waals surface area contributed by atoms with Crippen LogP contribution in [0.5, 0.6) is 0 Å². The number of benzene rings is 2. The molecule has 1 N–H and O–H groups in total. The van der Waals surface area contributed by atoms with Gasteiger partial charge in [0.25, 0.3) is 0 Å². The first-order valence-corrected chi connectivity index (χ1v) is 5.87. The summed E-state index contributed by atoms with van der Waals surface area (Å²) in [5.74, 6) is -2.31. The van der Waals surface area contributed by atoms with Gasteiger partial charge >= 0.3 is 0 Å². The number of hydrogen-bond donors (Lipinski definition) is 1. The Bertz CT molecular complexity index is 608. The molecule has 0 amide bonds. The van der Waals surface area contributed by atoms with Gasteiger partial charge in [-0.2, -0.15) is 0 Å². The van der Waals surface area contributed by atoms with Crippen LogP contribution < -0.4 is 0 Å². The van der Waals surface area contributed by atoms with Crippen molar-refractivity contribution in [3.63, 3.8) is 0 Å². The van der Waals surface area contributed by atoms with E-state index in [0.29, 0.717) is 0 Å². The van der Waals surface area contributed by atoms with Gasteiger partial charge in [-0.05, 0) is 36.8 Å². The lowest BCUT2D eigenvalue weighted by Gasteiger charge is -2.15. The molecule has 19 heavy (non-hydrogen) atoms. The van der Waals surface area contributed by atoms with Gasteiger partial charge in [-0.1, -0.05) is 17.7 Å². The molecule has 2 aromatic carbocycles. The van der Waals surface area contributed by atoms with E-state index >= 15 is 0 Å². The van der Waals surface area contributed by atoms with Crippen molar-refractivity contribution in [3.8, 4) is 0 Å². The van der Waals surface area contributed by atoms with Gasteiger partial charge in [-0.25, -0.2) is 13.2 Å². The predicted octanol–water partition coefficient (Wildman–Crippen LogP) is 4.15. The fourth-order valence-corrected chi connectivity index (χ4v) is 2.07. The van der Waals surface area contributed by atoms with Crippen molar-refractivity contribution in [3.05, 3.63) is 69.5 Å². The van der Waals surface area contributed by atoms with Crippen LogP contribution in [0.3, 0.4) is 0 Å². The van der Waals surface area contributed by atoms with E-state index in [1.54, 1.807) is 0 Å². The Hall–Kier alpha value is -1.52. The second-order valence-electron chi connectivity index (χ2n) is 4.16. The van der Waals surface area contributed by atoms with Gasteiger partial charge in [0.1, 0.15) is 23.6 Å². The summed E-state index contributed by atoms with van der Waals surface area (Å²) < 4.78 is 40.4. The minimum atomic E-state index is -1.59. The molecule has 0 fully saturated rings. The summed E-state index contributed by atoms with van der Waals surface area (Å²) in [5, 5.41) is 9.98. The molecule has 0 heterocycles. The van der Waals surface area contributed by atoms with E-state index in [4.69, 9.17) is 11.6 Å². The molecule has 0 aliphatic heterocycles. The normalized spacial score (nSPS) is 12.5. The van der Waals surface area contributed by atoms with Gasteiger partial charge in [-0.15, -0.1) is 0 Å². The molecule has 2 rings (SSSR count). The lowest BCUT2D eigenvalue weighted by Crippen LogP contribution is -2.07.